The third-order valence-electron chi connectivity index (χ3n) is 5.13. The number of carbonyl (C=O) groups is 1. The van der Waals surface area contributed by atoms with Gasteiger partial charge in [-0.05, 0) is 55.1 Å². The van der Waals surface area contributed by atoms with Crippen molar-refractivity contribution in [3.8, 4) is 5.75 Å². The number of benzene rings is 1. The van der Waals surface area contributed by atoms with Crippen LogP contribution in [0.25, 0.3) is 0 Å². The van der Waals surface area contributed by atoms with Gasteiger partial charge in [0.2, 0.25) is 0 Å². The van der Waals surface area contributed by atoms with Crippen LogP contribution in [0.5, 0.6) is 5.75 Å². The molecule has 5 heteroatoms. The zero-order valence-electron chi connectivity index (χ0n) is 15.4. The Labute approximate surface area is 154 Å². The van der Waals surface area contributed by atoms with Crippen molar-refractivity contribution < 1.29 is 14.6 Å². The molecule has 2 atom stereocenters. The zero-order chi connectivity index (χ0) is 18.5. The van der Waals surface area contributed by atoms with Crippen LogP contribution in [0.2, 0.25) is 0 Å². The molecule has 1 aromatic carbocycles. The first-order valence-corrected chi connectivity index (χ1v) is 9.21. The van der Waals surface area contributed by atoms with E-state index < -0.39 is 12.0 Å². The number of methoxy groups -OCH3 is 1. The molecule has 1 saturated heterocycles. The number of rotatable bonds is 6. The summed E-state index contributed by atoms with van der Waals surface area (Å²) in [7, 11) is 1.64. The van der Waals surface area contributed by atoms with Crippen LogP contribution < -0.4 is 4.74 Å². The van der Waals surface area contributed by atoms with Crippen molar-refractivity contribution in [3.05, 3.63) is 59.4 Å². The standard InChI is InChI=1S/C21H26N2O3/c1-3-15-7-12-18(22-14-15)20(16-8-10-17(26-2)11-9-16)23-13-5-4-6-19(23)21(24)25/h7-12,14,19-20H,3-6,13H2,1-2H3,(H,24,25). The molecule has 1 N–H and O–H groups in total. The zero-order valence-corrected chi connectivity index (χ0v) is 15.4. The minimum absolute atomic E-state index is 0.173. The molecule has 0 radical (unpaired) electrons. The van der Waals surface area contributed by atoms with Gasteiger partial charge in [0.1, 0.15) is 11.8 Å². The summed E-state index contributed by atoms with van der Waals surface area (Å²) < 4.78 is 5.27. The second kappa shape index (κ2) is 8.32. The number of piperidine rings is 1. The van der Waals surface area contributed by atoms with Crippen molar-refractivity contribution in [2.24, 2.45) is 0 Å². The summed E-state index contributed by atoms with van der Waals surface area (Å²) in [6.45, 7) is 2.85. The smallest absolute Gasteiger partial charge is 0.320 e. The first kappa shape index (κ1) is 18.4. The quantitative estimate of drug-likeness (QED) is 0.857. The molecular formula is C21H26N2O3. The predicted octanol–water partition coefficient (Wildman–Crippen LogP) is 3.68. The van der Waals surface area contributed by atoms with Gasteiger partial charge in [-0.3, -0.25) is 14.7 Å². The van der Waals surface area contributed by atoms with E-state index in [4.69, 9.17) is 4.74 Å². The van der Waals surface area contributed by atoms with E-state index in [0.29, 0.717) is 6.42 Å². The summed E-state index contributed by atoms with van der Waals surface area (Å²) in [5.74, 6) is 0.0311. The molecule has 2 aromatic rings. The molecule has 0 bridgehead atoms. The number of ether oxygens (including phenoxy) is 1. The Balaban J connectivity index is 2.02. The average molecular weight is 354 g/mol. The van der Waals surface area contributed by atoms with Gasteiger partial charge in [-0.1, -0.05) is 31.5 Å². The van der Waals surface area contributed by atoms with Crippen molar-refractivity contribution in [3.63, 3.8) is 0 Å². The van der Waals surface area contributed by atoms with E-state index in [1.807, 2.05) is 36.5 Å². The first-order valence-electron chi connectivity index (χ1n) is 9.21. The Kier molecular flexibility index (Phi) is 5.89. The molecule has 5 nitrogen and oxygen atoms in total. The van der Waals surface area contributed by atoms with Crippen LogP contribution in [0.15, 0.2) is 42.6 Å². The Morgan fingerprint density at radius 3 is 2.62 bits per heavy atom. The van der Waals surface area contributed by atoms with Gasteiger partial charge in [-0.15, -0.1) is 0 Å². The summed E-state index contributed by atoms with van der Waals surface area (Å²) >= 11 is 0. The third-order valence-corrected chi connectivity index (χ3v) is 5.13. The fraction of sp³-hybridized carbons (Fsp3) is 0.429. The highest BCUT2D eigenvalue weighted by atomic mass is 16.5. The molecular weight excluding hydrogens is 328 g/mol. The Hall–Kier alpha value is -2.40. The molecule has 26 heavy (non-hydrogen) atoms. The maximum atomic E-state index is 11.9. The second-order valence-corrected chi connectivity index (χ2v) is 6.71. The fourth-order valence-electron chi connectivity index (χ4n) is 3.65. The minimum Gasteiger partial charge on any atom is -0.497 e. The van der Waals surface area contributed by atoms with Crippen LogP contribution in [-0.4, -0.2) is 40.7 Å². The lowest BCUT2D eigenvalue weighted by Gasteiger charge is -2.39. The van der Waals surface area contributed by atoms with Crippen LogP contribution in [0.1, 0.15) is 49.0 Å². The highest BCUT2D eigenvalue weighted by molar-refractivity contribution is 5.73. The van der Waals surface area contributed by atoms with Crippen LogP contribution in [0.4, 0.5) is 0 Å². The molecule has 2 unspecified atom stereocenters. The number of hydrogen-bond acceptors (Lipinski definition) is 4. The van der Waals surface area contributed by atoms with E-state index in [2.05, 4.69) is 22.9 Å². The summed E-state index contributed by atoms with van der Waals surface area (Å²) in [5.41, 5.74) is 3.10. The SMILES string of the molecule is CCc1ccc(C(c2ccc(OC)cc2)N2CCCCC2C(=O)O)nc1. The van der Waals surface area contributed by atoms with Gasteiger partial charge in [0, 0.05) is 6.20 Å². The summed E-state index contributed by atoms with van der Waals surface area (Å²) in [5, 5.41) is 9.73. The fourth-order valence-corrected chi connectivity index (χ4v) is 3.65. The van der Waals surface area contributed by atoms with Crippen molar-refractivity contribution in [1.29, 1.82) is 0 Å². The van der Waals surface area contributed by atoms with Crippen LogP contribution in [0.3, 0.4) is 0 Å². The monoisotopic (exact) mass is 354 g/mol. The lowest BCUT2D eigenvalue weighted by Crippen LogP contribution is -2.47. The topological polar surface area (TPSA) is 62.7 Å². The number of hydrogen-bond donors (Lipinski definition) is 1. The van der Waals surface area contributed by atoms with Gasteiger partial charge >= 0.3 is 5.97 Å². The molecule has 1 aliphatic rings. The van der Waals surface area contributed by atoms with E-state index in [9.17, 15) is 9.90 Å². The van der Waals surface area contributed by atoms with Gasteiger partial charge in [0.05, 0.1) is 18.8 Å². The highest BCUT2D eigenvalue weighted by Gasteiger charge is 2.35. The molecule has 1 aromatic heterocycles. The van der Waals surface area contributed by atoms with Crippen LogP contribution in [0, 0.1) is 0 Å². The van der Waals surface area contributed by atoms with Gasteiger partial charge < -0.3 is 9.84 Å². The molecule has 1 fully saturated rings. The summed E-state index contributed by atoms with van der Waals surface area (Å²) in [6, 6.07) is 11.3. The van der Waals surface area contributed by atoms with E-state index in [0.717, 1.165) is 42.8 Å². The normalized spacial score (nSPS) is 19.1. The Morgan fingerprint density at radius 2 is 2.04 bits per heavy atom. The summed E-state index contributed by atoms with van der Waals surface area (Å²) in [6.07, 6.45) is 5.46. The lowest BCUT2D eigenvalue weighted by atomic mass is 9.94. The first-order chi connectivity index (χ1) is 12.6. The van der Waals surface area contributed by atoms with Crippen molar-refractivity contribution >= 4 is 5.97 Å². The number of aromatic nitrogens is 1. The molecule has 0 saturated carbocycles. The predicted molar refractivity (Wildman–Crippen MR) is 100 cm³/mol. The number of carboxylic acids is 1. The van der Waals surface area contributed by atoms with Crippen LogP contribution >= 0.6 is 0 Å². The molecule has 0 amide bonds. The number of nitrogens with zero attached hydrogens (tertiary/aromatic N) is 2. The van der Waals surface area contributed by atoms with E-state index in [1.165, 1.54) is 5.56 Å². The highest BCUT2D eigenvalue weighted by Crippen LogP contribution is 2.34. The Morgan fingerprint density at radius 1 is 1.27 bits per heavy atom. The van der Waals surface area contributed by atoms with E-state index in [-0.39, 0.29) is 6.04 Å². The number of aryl methyl sites for hydroxylation is 1. The molecule has 1 aliphatic heterocycles. The van der Waals surface area contributed by atoms with Gasteiger partial charge in [0.15, 0.2) is 0 Å². The van der Waals surface area contributed by atoms with Crippen molar-refractivity contribution in [2.45, 2.75) is 44.7 Å². The average Bonchev–Trinajstić information content (AvgIpc) is 2.69. The van der Waals surface area contributed by atoms with E-state index >= 15 is 0 Å². The second-order valence-electron chi connectivity index (χ2n) is 6.71. The molecule has 0 spiro atoms. The third kappa shape index (κ3) is 3.88. The molecule has 3 rings (SSSR count). The van der Waals surface area contributed by atoms with Crippen molar-refractivity contribution in [2.75, 3.05) is 13.7 Å². The number of likely N-dealkylation sites (tertiary alicyclic amines) is 1. The lowest BCUT2D eigenvalue weighted by molar-refractivity contribution is -0.145. The maximum Gasteiger partial charge on any atom is 0.320 e. The van der Waals surface area contributed by atoms with Crippen LogP contribution in [-0.2, 0) is 11.2 Å². The van der Waals surface area contributed by atoms with E-state index in [1.54, 1.807) is 7.11 Å². The number of aliphatic carboxylic acids is 1. The molecule has 138 valence electrons. The van der Waals surface area contributed by atoms with Gasteiger partial charge in [-0.25, -0.2) is 0 Å². The van der Waals surface area contributed by atoms with Gasteiger partial charge in [-0.2, -0.15) is 0 Å². The van der Waals surface area contributed by atoms with Crippen molar-refractivity contribution in [1.82, 2.24) is 9.88 Å². The molecule has 0 aliphatic carbocycles. The largest absolute Gasteiger partial charge is 0.497 e. The number of carboxylic acid groups (broad SMARTS) is 1. The maximum absolute atomic E-state index is 11.9. The summed E-state index contributed by atoms with van der Waals surface area (Å²) in [4.78, 5) is 18.6. The van der Waals surface area contributed by atoms with Gasteiger partial charge in [0.25, 0.3) is 0 Å². The Bertz CT molecular complexity index is 680. The minimum atomic E-state index is -0.756. The molecule has 2 heterocycles. The number of pyridine rings is 1.